The molecule has 2 heteroatoms. The van der Waals surface area contributed by atoms with E-state index in [2.05, 4.69) is 219 Å². The van der Waals surface area contributed by atoms with Crippen LogP contribution in [0.3, 0.4) is 0 Å². The summed E-state index contributed by atoms with van der Waals surface area (Å²) in [5, 5.41) is 0. The van der Waals surface area contributed by atoms with Crippen molar-refractivity contribution in [3.63, 3.8) is 0 Å². The van der Waals surface area contributed by atoms with Gasteiger partial charge in [0.25, 0.3) is 0 Å². The third kappa shape index (κ3) is 6.22. The van der Waals surface area contributed by atoms with Crippen molar-refractivity contribution in [2.45, 2.75) is 24.7 Å². The molecule has 14 rings (SSSR count). The summed E-state index contributed by atoms with van der Waals surface area (Å²) in [6.45, 7) is 4.67. The molecule has 2 nitrogen and oxygen atoms in total. The van der Waals surface area contributed by atoms with E-state index in [0.29, 0.717) is 11.4 Å². The zero-order chi connectivity index (χ0) is 52.3. The first-order chi connectivity index (χ1) is 37.5. The number of benzene rings is 11. The maximum absolute atomic E-state index is 9.34. The summed E-state index contributed by atoms with van der Waals surface area (Å²) in [5.74, 6) is 0. The molecule has 0 radical (unpaired) electrons. The molecule has 11 aromatic carbocycles. The SMILES string of the molecule is [2H]c1c([2H])c([2H])c(N(c2ccccc2)c2ccc3c(c2)C2(c4ccccc4-3)c3ccc(-c4ccccc4)cc3-c3cc(-c4ccccc4)c(N(c4ccccc4)c4ccc5c(c4)C(C)(C)c4ccccc4-5)cc32)c([2H])c1[2H]. The minimum Gasteiger partial charge on any atom is -0.310 e. The first kappa shape index (κ1) is 36.9. The smallest absolute Gasteiger partial charge is 0.0727 e. The minimum absolute atomic E-state index is 0.0837. The van der Waals surface area contributed by atoms with Crippen molar-refractivity contribution in [2.75, 3.05) is 9.80 Å². The van der Waals surface area contributed by atoms with Crippen LogP contribution in [0.2, 0.25) is 0 Å². The van der Waals surface area contributed by atoms with Gasteiger partial charge >= 0.3 is 0 Å². The Kier molecular flexibility index (Phi) is 8.36. The van der Waals surface area contributed by atoms with Gasteiger partial charge in [0.1, 0.15) is 0 Å². The monoisotopic (exact) mass is 923 g/mol. The molecule has 1 spiro atoms. The van der Waals surface area contributed by atoms with Crippen molar-refractivity contribution < 1.29 is 6.85 Å². The van der Waals surface area contributed by atoms with Crippen molar-refractivity contribution in [1.29, 1.82) is 0 Å². The summed E-state index contributed by atoms with van der Waals surface area (Å²) < 4.78 is 44.9. The highest BCUT2D eigenvalue weighted by atomic mass is 15.1. The van der Waals surface area contributed by atoms with E-state index in [0.717, 1.165) is 83.8 Å². The largest absolute Gasteiger partial charge is 0.310 e. The summed E-state index contributed by atoms with van der Waals surface area (Å²) in [7, 11) is 0. The average Bonchev–Trinajstić information content (AvgIpc) is 4.05. The summed E-state index contributed by atoms with van der Waals surface area (Å²) in [6, 6.07) is 82.7. The van der Waals surface area contributed by atoms with Gasteiger partial charge in [-0.25, -0.2) is 0 Å². The van der Waals surface area contributed by atoms with Crippen LogP contribution in [0.1, 0.15) is 54.1 Å². The van der Waals surface area contributed by atoms with Gasteiger partial charge in [-0.15, -0.1) is 0 Å². The fourth-order valence-electron chi connectivity index (χ4n) is 12.4. The highest BCUT2D eigenvalue weighted by molar-refractivity contribution is 6.02. The van der Waals surface area contributed by atoms with E-state index in [9.17, 15) is 2.74 Å². The van der Waals surface area contributed by atoms with Gasteiger partial charge < -0.3 is 9.80 Å². The number of hydrogen-bond acceptors (Lipinski definition) is 2. The summed E-state index contributed by atoms with van der Waals surface area (Å²) in [4.78, 5) is 4.28. The highest BCUT2D eigenvalue weighted by Crippen LogP contribution is 2.65. The Labute approximate surface area is 429 Å². The molecule has 0 saturated heterocycles. The van der Waals surface area contributed by atoms with Gasteiger partial charge in [0.05, 0.1) is 18.0 Å². The van der Waals surface area contributed by atoms with Crippen LogP contribution in [-0.4, -0.2) is 0 Å². The fourth-order valence-corrected chi connectivity index (χ4v) is 12.4. The molecule has 0 amide bonds. The normalized spacial score (nSPS) is 15.9. The standard InChI is InChI=1S/C70H50N2/c1-69(2)62-34-20-18-32-55(62)57-39-38-54(43-65(57)69)72(52-30-16-7-17-31-52)68-46-67-61(45-59(68)48-24-10-4-11-25-48)60-42-49(47-22-8-3-9-23-47)36-41-64(60)70(67)63-35-21-19-33-56(63)58-40-37-53(44-66(58)70)71(50-26-12-5-13-27-50)51-28-14-6-15-29-51/h3-46H,1-2H3/i5D,12D,13D,26D,27D. The lowest BCUT2D eigenvalue weighted by atomic mass is 9.70. The van der Waals surface area contributed by atoms with E-state index >= 15 is 0 Å². The van der Waals surface area contributed by atoms with Crippen LogP contribution >= 0.6 is 0 Å². The third-order valence-electron chi connectivity index (χ3n) is 15.5. The molecular weight excluding hydrogens is 869 g/mol. The number of nitrogens with zero attached hydrogens (tertiary/aromatic N) is 2. The number of anilines is 6. The number of hydrogen-bond donors (Lipinski definition) is 0. The molecule has 0 aromatic heterocycles. The molecule has 340 valence electrons. The lowest BCUT2D eigenvalue weighted by Gasteiger charge is -2.34. The zero-order valence-corrected chi connectivity index (χ0v) is 39.9. The lowest BCUT2D eigenvalue weighted by molar-refractivity contribution is 0.660. The molecule has 0 N–H and O–H groups in total. The molecule has 1 atom stereocenters. The molecule has 0 bridgehead atoms. The fraction of sp³-hybridized carbons (Fsp3) is 0.0571. The first-order valence-electron chi connectivity index (χ1n) is 27.3. The van der Waals surface area contributed by atoms with Crippen LogP contribution in [-0.2, 0) is 10.8 Å². The second-order valence-electron chi connectivity index (χ2n) is 19.6. The molecule has 3 aliphatic carbocycles. The van der Waals surface area contributed by atoms with Crippen molar-refractivity contribution in [3.05, 3.63) is 300 Å². The van der Waals surface area contributed by atoms with Crippen molar-refractivity contribution >= 4 is 34.1 Å². The van der Waals surface area contributed by atoms with Crippen LogP contribution in [0.25, 0.3) is 55.6 Å². The zero-order valence-electron chi connectivity index (χ0n) is 44.9. The Morgan fingerprint density at radius 2 is 0.778 bits per heavy atom. The number of fused-ring (bicyclic) bond motifs is 13. The summed E-state index contributed by atoms with van der Waals surface area (Å²) >= 11 is 0. The van der Waals surface area contributed by atoms with Crippen molar-refractivity contribution in [1.82, 2.24) is 0 Å². The molecule has 72 heavy (non-hydrogen) atoms. The quantitative estimate of drug-likeness (QED) is 0.150. The molecule has 11 aromatic rings. The number of rotatable bonds is 8. The lowest BCUT2D eigenvalue weighted by Crippen LogP contribution is -2.26. The van der Waals surface area contributed by atoms with Gasteiger partial charge in [0.2, 0.25) is 0 Å². The van der Waals surface area contributed by atoms with Crippen LogP contribution in [0.15, 0.2) is 267 Å². The van der Waals surface area contributed by atoms with Gasteiger partial charge in [-0.1, -0.05) is 202 Å². The van der Waals surface area contributed by atoms with Crippen molar-refractivity contribution in [2.24, 2.45) is 0 Å². The van der Waals surface area contributed by atoms with Crippen LogP contribution in [0.4, 0.5) is 34.1 Å². The van der Waals surface area contributed by atoms with Gasteiger partial charge in [0.15, 0.2) is 0 Å². The second-order valence-corrected chi connectivity index (χ2v) is 19.6. The molecular formula is C70H50N2. The average molecular weight is 924 g/mol. The van der Waals surface area contributed by atoms with E-state index in [4.69, 9.17) is 4.11 Å². The molecule has 1 unspecified atom stereocenters. The topological polar surface area (TPSA) is 6.48 Å². The van der Waals surface area contributed by atoms with Gasteiger partial charge in [-0.2, -0.15) is 0 Å². The van der Waals surface area contributed by atoms with E-state index < -0.39 is 11.5 Å². The predicted octanol–water partition coefficient (Wildman–Crippen LogP) is 18.6. The van der Waals surface area contributed by atoms with Crippen LogP contribution in [0.5, 0.6) is 0 Å². The van der Waals surface area contributed by atoms with E-state index in [1.165, 1.54) is 22.3 Å². The Bertz CT molecular complexity index is 4170. The Hall–Kier alpha value is -8.98. The van der Waals surface area contributed by atoms with E-state index in [1.807, 2.05) is 41.3 Å². The maximum atomic E-state index is 9.34. The molecule has 0 fully saturated rings. The summed E-state index contributed by atoms with van der Waals surface area (Å²) in [6.07, 6.45) is 0. The van der Waals surface area contributed by atoms with Gasteiger partial charge in [0, 0.05) is 39.4 Å². The maximum Gasteiger partial charge on any atom is 0.0727 e. The predicted molar refractivity (Wildman–Crippen MR) is 301 cm³/mol. The van der Waals surface area contributed by atoms with E-state index in [-0.39, 0.29) is 35.3 Å². The van der Waals surface area contributed by atoms with E-state index in [1.54, 1.807) is 0 Å². The first-order valence-corrected chi connectivity index (χ1v) is 24.8. The Morgan fingerprint density at radius 3 is 1.46 bits per heavy atom. The molecule has 3 aliphatic rings. The molecule has 0 aliphatic heterocycles. The van der Waals surface area contributed by atoms with Gasteiger partial charge in [-0.3, -0.25) is 0 Å². The summed E-state index contributed by atoms with van der Waals surface area (Å²) in [5.41, 5.74) is 21.9. The minimum atomic E-state index is -0.877. The highest BCUT2D eigenvalue weighted by Gasteiger charge is 2.52. The Balaban J connectivity index is 1.09. The number of para-hydroxylation sites is 3. The second kappa shape index (κ2) is 16.3. The van der Waals surface area contributed by atoms with Crippen LogP contribution < -0.4 is 9.80 Å². The molecule has 0 saturated carbocycles. The molecule has 0 heterocycles. The Morgan fingerprint density at radius 1 is 0.292 bits per heavy atom. The van der Waals surface area contributed by atoms with Crippen LogP contribution in [0, 0.1) is 0 Å². The van der Waals surface area contributed by atoms with Crippen molar-refractivity contribution in [3.8, 4) is 55.6 Å². The third-order valence-corrected chi connectivity index (χ3v) is 15.5. The van der Waals surface area contributed by atoms with Gasteiger partial charge in [-0.05, 0) is 162 Å².